The van der Waals surface area contributed by atoms with Gasteiger partial charge in [0.15, 0.2) is 5.65 Å². The van der Waals surface area contributed by atoms with Crippen molar-refractivity contribution >= 4 is 11.6 Å². The SMILES string of the molecule is O=C(c1cc(F)cc(-c2cnn3cccnc23)c1)N1CCc2nc[nH]c2C1. The number of halogens is 1. The van der Waals surface area contributed by atoms with Gasteiger partial charge in [0.25, 0.3) is 5.91 Å². The number of amides is 1. The first-order chi connectivity index (χ1) is 13.2. The first kappa shape index (κ1) is 15.7. The number of fused-ring (bicyclic) bond motifs is 2. The number of hydrogen-bond acceptors (Lipinski definition) is 4. The summed E-state index contributed by atoms with van der Waals surface area (Å²) >= 11 is 0. The van der Waals surface area contributed by atoms with Crippen molar-refractivity contribution in [3.05, 3.63) is 72.0 Å². The van der Waals surface area contributed by atoms with Gasteiger partial charge in [-0.1, -0.05) is 0 Å². The summed E-state index contributed by atoms with van der Waals surface area (Å²) < 4.78 is 15.9. The fraction of sp³-hybridized carbons (Fsp3) is 0.158. The summed E-state index contributed by atoms with van der Waals surface area (Å²) in [6.07, 6.45) is 7.37. The normalized spacial score (nSPS) is 13.7. The molecule has 134 valence electrons. The van der Waals surface area contributed by atoms with E-state index in [0.29, 0.717) is 41.8 Å². The molecule has 0 fully saturated rings. The van der Waals surface area contributed by atoms with Crippen LogP contribution in [0.3, 0.4) is 0 Å². The zero-order valence-corrected chi connectivity index (χ0v) is 14.3. The molecule has 0 bridgehead atoms. The van der Waals surface area contributed by atoms with Crippen molar-refractivity contribution in [3.8, 4) is 11.1 Å². The summed E-state index contributed by atoms with van der Waals surface area (Å²) in [5.74, 6) is -0.675. The largest absolute Gasteiger partial charge is 0.347 e. The van der Waals surface area contributed by atoms with Gasteiger partial charge in [0, 0.05) is 36.5 Å². The van der Waals surface area contributed by atoms with Crippen molar-refractivity contribution in [1.82, 2.24) is 29.5 Å². The Balaban J connectivity index is 1.52. The Morgan fingerprint density at radius 3 is 3.07 bits per heavy atom. The van der Waals surface area contributed by atoms with Crippen LogP contribution in [0.5, 0.6) is 0 Å². The van der Waals surface area contributed by atoms with Crippen molar-refractivity contribution in [2.75, 3.05) is 6.54 Å². The van der Waals surface area contributed by atoms with Crippen LogP contribution in [0.2, 0.25) is 0 Å². The Morgan fingerprint density at radius 1 is 1.22 bits per heavy atom. The lowest BCUT2D eigenvalue weighted by atomic mass is 10.0. The molecule has 1 aromatic carbocycles. The molecule has 4 aromatic rings. The van der Waals surface area contributed by atoms with Gasteiger partial charge < -0.3 is 9.88 Å². The number of hydrogen-bond donors (Lipinski definition) is 1. The van der Waals surface area contributed by atoms with E-state index in [4.69, 9.17) is 0 Å². The molecule has 7 nitrogen and oxygen atoms in total. The van der Waals surface area contributed by atoms with Crippen LogP contribution in [0.1, 0.15) is 21.7 Å². The van der Waals surface area contributed by atoms with Gasteiger partial charge in [-0.15, -0.1) is 0 Å². The van der Waals surface area contributed by atoms with Crippen LogP contribution in [0, 0.1) is 5.82 Å². The van der Waals surface area contributed by atoms with E-state index < -0.39 is 5.82 Å². The van der Waals surface area contributed by atoms with Crippen molar-refractivity contribution in [1.29, 1.82) is 0 Å². The monoisotopic (exact) mass is 362 g/mol. The van der Waals surface area contributed by atoms with E-state index in [1.165, 1.54) is 12.1 Å². The molecule has 1 amide bonds. The second-order valence-corrected chi connectivity index (χ2v) is 6.48. The van der Waals surface area contributed by atoms with Gasteiger partial charge in [-0.2, -0.15) is 5.10 Å². The number of rotatable bonds is 2. The van der Waals surface area contributed by atoms with Crippen LogP contribution < -0.4 is 0 Å². The lowest BCUT2D eigenvalue weighted by Gasteiger charge is -2.26. The minimum Gasteiger partial charge on any atom is -0.347 e. The highest BCUT2D eigenvalue weighted by Crippen LogP contribution is 2.26. The van der Waals surface area contributed by atoms with Crippen molar-refractivity contribution in [2.45, 2.75) is 13.0 Å². The van der Waals surface area contributed by atoms with Gasteiger partial charge in [-0.05, 0) is 29.8 Å². The average Bonchev–Trinajstić information content (AvgIpc) is 3.33. The number of nitrogens with zero attached hydrogens (tertiary/aromatic N) is 5. The second-order valence-electron chi connectivity index (χ2n) is 6.48. The smallest absolute Gasteiger partial charge is 0.254 e. The van der Waals surface area contributed by atoms with Gasteiger partial charge in [-0.3, -0.25) is 4.79 Å². The third-order valence-electron chi connectivity index (χ3n) is 4.80. The van der Waals surface area contributed by atoms with E-state index >= 15 is 0 Å². The number of aromatic nitrogens is 5. The summed E-state index contributed by atoms with van der Waals surface area (Å²) in [5, 5.41) is 4.23. The maximum atomic E-state index is 14.3. The molecule has 8 heteroatoms. The molecule has 3 aromatic heterocycles. The van der Waals surface area contributed by atoms with E-state index in [-0.39, 0.29) is 5.91 Å². The molecule has 0 unspecified atom stereocenters. The maximum Gasteiger partial charge on any atom is 0.254 e. The van der Waals surface area contributed by atoms with E-state index in [9.17, 15) is 9.18 Å². The van der Waals surface area contributed by atoms with Crippen LogP contribution in [0.25, 0.3) is 16.8 Å². The summed E-state index contributed by atoms with van der Waals surface area (Å²) in [6, 6.07) is 6.13. The lowest BCUT2D eigenvalue weighted by molar-refractivity contribution is 0.0731. The molecule has 1 aliphatic rings. The van der Waals surface area contributed by atoms with Gasteiger partial charge in [0.05, 0.1) is 30.5 Å². The van der Waals surface area contributed by atoms with Crippen LogP contribution in [-0.4, -0.2) is 41.9 Å². The van der Waals surface area contributed by atoms with Crippen LogP contribution in [0.15, 0.2) is 49.2 Å². The Morgan fingerprint density at radius 2 is 2.15 bits per heavy atom. The van der Waals surface area contributed by atoms with Gasteiger partial charge in [-0.25, -0.2) is 18.9 Å². The van der Waals surface area contributed by atoms with Crippen LogP contribution >= 0.6 is 0 Å². The second kappa shape index (κ2) is 6.01. The van der Waals surface area contributed by atoms with Crippen molar-refractivity contribution < 1.29 is 9.18 Å². The molecule has 1 N–H and O–H groups in total. The molecular formula is C19H15FN6O. The quantitative estimate of drug-likeness (QED) is 0.594. The average molecular weight is 362 g/mol. The van der Waals surface area contributed by atoms with Gasteiger partial charge in [0.1, 0.15) is 5.82 Å². The van der Waals surface area contributed by atoms with Crippen molar-refractivity contribution in [3.63, 3.8) is 0 Å². The number of H-pyrrole nitrogens is 1. The van der Waals surface area contributed by atoms with E-state index in [0.717, 1.165) is 11.4 Å². The molecule has 0 atom stereocenters. The summed E-state index contributed by atoms with van der Waals surface area (Å²) in [4.78, 5) is 26.3. The predicted octanol–water partition coefficient (Wildman–Crippen LogP) is 2.46. The molecule has 0 aliphatic carbocycles. The molecule has 1 aliphatic heterocycles. The highest BCUT2D eigenvalue weighted by atomic mass is 19.1. The number of benzene rings is 1. The van der Waals surface area contributed by atoms with Gasteiger partial charge in [0.2, 0.25) is 0 Å². The first-order valence-corrected chi connectivity index (χ1v) is 8.59. The van der Waals surface area contributed by atoms with Gasteiger partial charge >= 0.3 is 0 Å². The highest BCUT2D eigenvalue weighted by Gasteiger charge is 2.24. The molecule has 27 heavy (non-hydrogen) atoms. The standard InChI is InChI=1S/C19H15FN6O/c20-14-7-12(15-9-24-26-4-1-3-21-18(15)26)6-13(8-14)19(27)25-5-2-16-17(10-25)23-11-22-16/h1,3-4,6-9,11H,2,5,10H2,(H,22,23). The van der Waals surface area contributed by atoms with E-state index in [1.807, 2.05) is 0 Å². The topological polar surface area (TPSA) is 79.2 Å². The highest BCUT2D eigenvalue weighted by molar-refractivity contribution is 5.96. The molecule has 5 rings (SSSR count). The third kappa shape index (κ3) is 2.66. The molecular weight excluding hydrogens is 347 g/mol. The van der Waals surface area contributed by atoms with Crippen LogP contribution in [-0.2, 0) is 13.0 Å². The minimum atomic E-state index is -0.467. The number of carbonyl (C=O) groups excluding carboxylic acids is 1. The molecule has 0 saturated carbocycles. The fourth-order valence-corrected chi connectivity index (χ4v) is 3.47. The number of nitrogens with one attached hydrogen (secondary N) is 1. The Labute approximate surface area is 153 Å². The van der Waals surface area contributed by atoms with Crippen molar-refractivity contribution in [2.24, 2.45) is 0 Å². The van der Waals surface area contributed by atoms with E-state index in [2.05, 4.69) is 20.1 Å². The fourth-order valence-electron chi connectivity index (χ4n) is 3.47. The number of carbonyl (C=O) groups is 1. The number of imidazole rings is 1. The third-order valence-corrected chi connectivity index (χ3v) is 4.80. The summed E-state index contributed by atoms with van der Waals surface area (Å²) in [7, 11) is 0. The zero-order chi connectivity index (χ0) is 18.4. The zero-order valence-electron chi connectivity index (χ0n) is 14.3. The Hall–Kier alpha value is -3.55. The number of aromatic amines is 1. The molecule has 0 spiro atoms. The summed E-state index contributed by atoms with van der Waals surface area (Å²) in [6.45, 7) is 0.999. The summed E-state index contributed by atoms with van der Waals surface area (Å²) in [5.41, 5.74) is 4.09. The molecule has 0 radical (unpaired) electrons. The molecule has 0 saturated heterocycles. The van der Waals surface area contributed by atoms with E-state index in [1.54, 1.807) is 46.5 Å². The Bertz CT molecular complexity index is 1160. The van der Waals surface area contributed by atoms with Crippen LogP contribution in [0.4, 0.5) is 4.39 Å². The first-order valence-electron chi connectivity index (χ1n) is 8.59. The minimum absolute atomic E-state index is 0.208. The maximum absolute atomic E-state index is 14.3. The lowest BCUT2D eigenvalue weighted by Crippen LogP contribution is -2.36. The Kier molecular flexibility index (Phi) is 3.49. The molecule has 4 heterocycles. The predicted molar refractivity (Wildman–Crippen MR) is 95.4 cm³/mol.